The van der Waals surface area contributed by atoms with Crippen LogP contribution in [0.5, 0.6) is 0 Å². The first-order valence-corrected chi connectivity index (χ1v) is 18.3. The summed E-state index contributed by atoms with van der Waals surface area (Å²) >= 11 is 0. The molecule has 1 amide bonds. The molecular weight excluding hydrogens is 782 g/mol. The van der Waals surface area contributed by atoms with E-state index in [0.29, 0.717) is 0 Å². The lowest BCUT2D eigenvalue weighted by molar-refractivity contribution is -0.406. The van der Waals surface area contributed by atoms with Crippen molar-refractivity contribution in [1.29, 1.82) is 0 Å². The van der Waals surface area contributed by atoms with E-state index in [-0.39, 0.29) is 0 Å². The summed E-state index contributed by atoms with van der Waals surface area (Å²) < 4.78 is 52.2. The van der Waals surface area contributed by atoms with Crippen LogP contribution in [-0.2, 0) is 47.4 Å². The second kappa shape index (κ2) is 19.5. The summed E-state index contributed by atoms with van der Waals surface area (Å²) in [4.78, 5) is 12.4. The minimum atomic E-state index is -2.06. The van der Waals surface area contributed by atoms with Crippen molar-refractivity contribution in [2.24, 2.45) is 0 Å². The summed E-state index contributed by atoms with van der Waals surface area (Å²) in [5.74, 6) is -0.774. The predicted octanol–water partition coefficient (Wildman–Crippen LogP) is -9.73. The van der Waals surface area contributed by atoms with Gasteiger partial charge in [-0.25, -0.2) is 0 Å². The number of carbonyl (C=O) groups excluding carboxylic acids is 1. The maximum Gasteiger partial charge on any atom is 0.217 e. The minimum absolute atomic E-state index is 0.774. The monoisotopic (exact) mass is 837 g/mol. The van der Waals surface area contributed by atoms with E-state index >= 15 is 0 Å². The molecule has 0 radical (unpaired) electrons. The van der Waals surface area contributed by atoms with Gasteiger partial charge in [0.25, 0.3) is 0 Å². The van der Waals surface area contributed by atoms with Gasteiger partial charge in [-0.05, 0) is 13.8 Å². The number of hydrogen-bond donors (Lipinski definition) is 15. The largest absolute Gasteiger partial charge is 0.394 e. The Bertz CT molecular complexity index is 1290. The second-order valence-electron chi connectivity index (χ2n) is 14.7. The number of amides is 1. The van der Waals surface area contributed by atoms with E-state index in [0.717, 1.165) is 6.92 Å². The highest BCUT2D eigenvalue weighted by molar-refractivity contribution is 5.73. The number of rotatable bonds is 12. The van der Waals surface area contributed by atoms with E-state index < -0.39 is 179 Å². The number of nitrogens with one attached hydrogen (secondary N) is 1. The number of hydrogen-bond acceptors (Lipinski definition) is 24. The summed E-state index contributed by atoms with van der Waals surface area (Å²) in [5, 5.41) is 150. The van der Waals surface area contributed by atoms with Crippen LogP contribution >= 0.6 is 0 Å². The average Bonchev–Trinajstić information content (AvgIpc) is 3.18. The Hall–Kier alpha value is -1.45. The maximum absolute atomic E-state index is 12.4. The molecule has 0 aromatic carbocycles. The van der Waals surface area contributed by atoms with Crippen molar-refractivity contribution in [2.75, 3.05) is 19.8 Å². The van der Waals surface area contributed by atoms with Crippen molar-refractivity contribution in [1.82, 2.24) is 5.32 Å². The molecule has 15 N–H and O–H groups in total. The van der Waals surface area contributed by atoms with Gasteiger partial charge in [-0.3, -0.25) is 4.79 Å². The Morgan fingerprint density at radius 2 is 0.860 bits per heavy atom. The van der Waals surface area contributed by atoms with Crippen molar-refractivity contribution >= 4 is 5.91 Å². The molecule has 332 valence electrons. The lowest BCUT2D eigenvalue weighted by Crippen LogP contribution is -2.70. The van der Waals surface area contributed by atoms with Crippen LogP contribution in [0.25, 0.3) is 0 Å². The van der Waals surface area contributed by atoms with Crippen LogP contribution in [0.4, 0.5) is 0 Å². The zero-order valence-corrected chi connectivity index (χ0v) is 30.9. The number of aliphatic hydroxyl groups excluding tert-OH is 14. The molecule has 0 aliphatic carbocycles. The Kier molecular flexibility index (Phi) is 16.0. The Morgan fingerprint density at radius 3 is 1.35 bits per heavy atom. The highest BCUT2D eigenvalue weighted by Crippen LogP contribution is 2.37. The molecule has 5 saturated heterocycles. The third-order valence-electron chi connectivity index (χ3n) is 10.6. The molecule has 57 heavy (non-hydrogen) atoms. The maximum atomic E-state index is 12.4. The van der Waals surface area contributed by atoms with Gasteiger partial charge in [-0.2, -0.15) is 0 Å². The quantitative estimate of drug-likeness (QED) is 0.0867. The highest BCUT2D eigenvalue weighted by atomic mass is 16.8. The van der Waals surface area contributed by atoms with Gasteiger partial charge < -0.3 is 119 Å². The van der Waals surface area contributed by atoms with Gasteiger partial charge >= 0.3 is 0 Å². The van der Waals surface area contributed by atoms with E-state index in [4.69, 9.17) is 42.6 Å². The number of ether oxygens (including phenoxy) is 9. The average molecular weight is 838 g/mol. The zero-order chi connectivity index (χ0) is 42.2. The summed E-state index contributed by atoms with van der Waals surface area (Å²) in [6, 6.07) is -1.66. The normalized spacial score (nSPS) is 52.3. The minimum Gasteiger partial charge on any atom is -0.394 e. The molecule has 5 fully saturated rings. The zero-order valence-electron chi connectivity index (χ0n) is 30.9. The molecular formula is C32H55NO24. The molecule has 1 unspecified atom stereocenters. The van der Waals surface area contributed by atoms with E-state index in [1.165, 1.54) is 13.8 Å². The third kappa shape index (κ3) is 9.71. The van der Waals surface area contributed by atoms with Gasteiger partial charge in [-0.15, -0.1) is 0 Å². The smallest absolute Gasteiger partial charge is 0.217 e. The Morgan fingerprint density at radius 1 is 0.456 bits per heavy atom. The number of aliphatic hydroxyl groups is 14. The van der Waals surface area contributed by atoms with Gasteiger partial charge in [0.1, 0.15) is 110 Å². The summed E-state index contributed by atoms with van der Waals surface area (Å²) in [6.45, 7) is 0.921. The topological polar surface area (TPSA) is 395 Å². The van der Waals surface area contributed by atoms with E-state index in [2.05, 4.69) is 5.32 Å². The number of carbonyl (C=O) groups is 1. The lowest BCUT2D eigenvalue weighted by Gasteiger charge is -2.51. The molecule has 25 atom stereocenters. The predicted molar refractivity (Wildman–Crippen MR) is 175 cm³/mol. The molecule has 5 aliphatic rings. The van der Waals surface area contributed by atoms with E-state index in [9.17, 15) is 76.3 Å². The fourth-order valence-electron chi connectivity index (χ4n) is 7.28. The summed E-state index contributed by atoms with van der Waals surface area (Å²) in [6.07, 6.45) is -42.9. The lowest BCUT2D eigenvalue weighted by atomic mass is 9.94. The summed E-state index contributed by atoms with van der Waals surface area (Å²) in [5.41, 5.74) is 0. The highest BCUT2D eigenvalue weighted by Gasteiger charge is 2.58. The first-order chi connectivity index (χ1) is 26.8. The van der Waals surface area contributed by atoms with Gasteiger partial charge in [0.05, 0.1) is 32.0 Å². The molecule has 5 heterocycles. The van der Waals surface area contributed by atoms with Crippen LogP contribution in [0, 0.1) is 0 Å². The molecule has 25 nitrogen and oxygen atoms in total. The van der Waals surface area contributed by atoms with Crippen molar-refractivity contribution in [3.05, 3.63) is 0 Å². The molecule has 0 aromatic heterocycles. The first kappa shape index (κ1) is 46.6. The van der Waals surface area contributed by atoms with E-state index in [1.54, 1.807) is 0 Å². The van der Waals surface area contributed by atoms with Crippen LogP contribution in [0.15, 0.2) is 0 Å². The SMILES string of the molecule is CC(=O)N[C@H]1C(O)O[C@H](CO)[C@@H](O[C@@H]2O[C@@H](C)[C@@H](O)[C@@H](O)[C@@H]2O)[C@@H]1O[C@@H]1O[C@H](CO)[C@H](O)[C@H](O[C@H]2O[C@H](CO)[C@H](O)[C@H](O)[C@H]2O)[C@H]1O[C@@H]1O[C@@H](C)[C@@H](O)[C@@H](O)[C@@H]1O. The Labute approximate surface area is 324 Å². The standard InChI is InChI=1S/C32H55NO24/c1-7-14(38)18(42)21(45)29(49-7)54-24-12(6-36)51-28(48)13(33-9(3)37)25(24)55-32-27(57-30-22(46)19(43)15(39)8(2)50-30)26(17(41)11(5-35)53-32)56-31-23(47)20(44)16(40)10(4-34)52-31/h7-8,10-32,34-36,38-48H,4-6H2,1-3H3,(H,33,37)/t7-,8-,10+,11+,12+,13+,14+,15+,16-,17-,18+,19+,20-,21-,22-,23+,24+,25+,26-,27+,28?,29-,30-,31+,32-/m0/s1. The molecule has 0 bridgehead atoms. The van der Waals surface area contributed by atoms with Gasteiger partial charge in [0.2, 0.25) is 5.91 Å². The van der Waals surface area contributed by atoms with Crippen molar-refractivity contribution < 1.29 is 119 Å². The van der Waals surface area contributed by atoms with Crippen LogP contribution in [-0.4, -0.2) is 251 Å². The van der Waals surface area contributed by atoms with Crippen molar-refractivity contribution in [3.8, 4) is 0 Å². The van der Waals surface area contributed by atoms with Crippen LogP contribution in [0.2, 0.25) is 0 Å². The van der Waals surface area contributed by atoms with Gasteiger partial charge in [0, 0.05) is 6.92 Å². The summed E-state index contributed by atoms with van der Waals surface area (Å²) in [7, 11) is 0. The van der Waals surface area contributed by atoms with Crippen LogP contribution in [0.1, 0.15) is 20.8 Å². The molecule has 0 saturated carbocycles. The van der Waals surface area contributed by atoms with Gasteiger partial charge in [-0.1, -0.05) is 0 Å². The third-order valence-corrected chi connectivity index (χ3v) is 10.6. The van der Waals surface area contributed by atoms with Crippen LogP contribution < -0.4 is 5.32 Å². The molecule has 5 rings (SSSR count). The fourth-order valence-corrected chi connectivity index (χ4v) is 7.28. The first-order valence-electron chi connectivity index (χ1n) is 18.3. The fraction of sp³-hybridized carbons (Fsp3) is 0.969. The Balaban J connectivity index is 1.57. The molecule has 5 aliphatic heterocycles. The van der Waals surface area contributed by atoms with Crippen molar-refractivity contribution in [2.45, 2.75) is 174 Å². The van der Waals surface area contributed by atoms with E-state index in [1.807, 2.05) is 0 Å². The second-order valence-corrected chi connectivity index (χ2v) is 14.7. The van der Waals surface area contributed by atoms with Crippen LogP contribution in [0.3, 0.4) is 0 Å². The van der Waals surface area contributed by atoms with Crippen molar-refractivity contribution in [3.63, 3.8) is 0 Å². The van der Waals surface area contributed by atoms with Gasteiger partial charge in [0.15, 0.2) is 31.5 Å². The molecule has 25 heteroatoms. The molecule has 0 spiro atoms. The molecule has 0 aromatic rings.